The minimum Gasteiger partial charge on any atom is -0.326 e. The number of anilines is 1. The molecule has 9 nitrogen and oxygen atoms in total. The van der Waals surface area contributed by atoms with Crippen LogP contribution >= 0.6 is 11.6 Å². The summed E-state index contributed by atoms with van der Waals surface area (Å²) in [5.41, 5.74) is 2.14. The Labute approximate surface area is 151 Å². The molecule has 0 saturated carbocycles. The Hall–Kier alpha value is -3.20. The number of fused-ring (bicyclic) bond motifs is 1. The fourth-order valence-corrected chi connectivity index (χ4v) is 2.89. The molecule has 2 heterocycles. The van der Waals surface area contributed by atoms with E-state index in [1.54, 1.807) is 13.8 Å². The van der Waals surface area contributed by atoms with Crippen molar-refractivity contribution in [2.75, 3.05) is 5.32 Å². The van der Waals surface area contributed by atoms with Gasteiger partial charge in [0.2, 0.25) is 5.91 Å². The lowest BCUT2D eigenvalue weighted by molar-refractivity contribution is -0.384. The zero-order valence-electron chi connectivity index (χ0n) is 13.9. The molecule has 1 aromatic carbocycles. The number of benzene rings is 1. The summed E-state index contributed by atoms with van der Waals surface area (Å²) >= 11 is 5.76. The quantitative estimate of drug-likeness (QED) is 0.535. The number of aromatic nitrogens is 3. The van der Waals surface area contributed by atoms with E-state index in [-0.39, 0.29) is 34.3 Å². The number of nitro groups is 1. The molecule has 10 heteroatoms. The van der Waals surface area contributed by atoms with Crippen LogP contribution in [0.5, 0.6) is 0 Å². The van der Waals surface area contributed by atoms with Gasteiger partial charge >= 0.3 is 0 Å². The van der Waals surface area contributed by atoms with Gasteiger partial charge in [0.15, 0.2) is 5.65 Å². The topological polar surface area (TPSA) is 122 Å². The first-order valence-corrected chi connectivity index (χ1v) is 7.95. The predicted molar refractivity (Wildman–Crippen MR) is 95.7 cm³/mol. The van der Waals surface area contributed by atoms with Gasteiger partial charge in [-0.25, -0.2) is 9.50 Å². The molecule has 2 aromatic heterocycles. The molecule has 1 amide bonds. The third-order valence-electron chi connectivity index (χ3n) is 3.97. The number of nitrogens with one attached hydrogen (secondary N) is 2. The summed E-state index contributed by atoms with van der Waals surface area (Å²) in [6.07, 6.45) is -0.00274. The molecule has 3 aromatic rings. The Morgan fingerprint density at radius 2 is 2.12 bits per heavy atom. The Balaban J connectivity index is 1.87. The lowest BCUT2D eigenvalue weighted by Gasteiger charge is -2.12. The van der Waals surface area contributed by atoms with Gasteiger partial charge in [-0.1, -0.05) is 11.6 Å². The van der Waals surface area contributed by atoms with E-state index in [4.69, 9.17) is 11.6 Å². The maximum atomic E-state index is 12.4. The average Bonchev–Trinajstić information content (AvgIpc) is 2.93. The highest BCUT2D eigenvalue weighted by atomic mass is 35.5. The molecule has 26 heavy (non-hydrogen) atoms. The van der Waals surface area contributed by atoms with E-state index in [1.807, 2.05) is 0 Å². The normalized spacial score (nSPS) is 10.9. The van der Waals surface area contributed by atoms with E-state index in [0.29, 0.717) is 22.6 Å². The first-order chi connectivity index (χ1) is 12.3. The predicted octanol–water partition coefficient (Wildman–Crippen LogP) is 2.38. The molecule has 0 unspecified atom stereocenters. The Bertz CT molecular complexity index is 1100. The summed E-state index contributed by atoms with van der Waals surface area (Å²) in [6.45, 7) is 3.52. The van der Waals surface area contributed by atoms with Crippen molar-refractivity contribution in [2.45, 2.75) is 20.3 Å². The van der Waals surface area contributed by atoms with Gasteiger partial charge in [0.1, 0.15) is 5.02 Å². The maximum absolute atomic E-state index is 12.4. The van der Waals surface area contributed by atoms with Gasteiger partial charge in [-0.15, -0.1) is 0 Å². The molecule has 3 rings (SSSR count). The van der Waals surface area contributed by atoms with Crippen LogP contribution in [0.1, 0.15) is 17.0 Å². The van der Waals surface area contributed by atoms with Crippen molar-refractivity contribution >= 4 is 34.5 Å². The van der Waals surface area contributed by atoms with E-state index in [0.717, 1.165) is 0 Å². The van der Waals surface area contributed by atoms with Crippen LogP contribution in [0.2, 0.25) is 5.02 Å². The number of H-pyrrole nitrogens is 1. The summed E-state index contributed by atoms with van der Waals surface area (Å²) in [4.78, 5) is 38.5. The molecule has 134 valence electrons. The first-order valence-electron chi connectivity index (χ1n) is 7.58. The second-order valence-electron chi connectivity index (χ2n) is 5.72. The Kier molecular flexibility index (Phi) is 4.47. The summed E-state index contributed by atoms with van der Waals surface area (Å²) in [5, 5.41) is 16.2. The van der Waals surface area contributed by atoms with Gasteiger partial charge in [0.05, 0.1) is 11.3 Å². The first kappa shape index (κ1) is 17.6. The van der Waals surface area contributed by atoms with E-state index >= 15 is 0 Å². The molecular weight excluding hydrogens is 362 g/mol. The van der Waals surface area contributed by atoms with E-state index < -0.39 is 4.92 Å². The molecule has 0 fully saturated rings. The van der Waals surface area contributed by atoms with Crippen LogP contribution in [0.15, 0.2) is 29.1 Å². The molecular formula is C16H14ClN5O4. The van der Waals surface area contributed by atoms with Gasteiger partial charge in [-0.3, -0.25) is 24.8 Å². The van der Waals surface area contributed by atoms with Crippen LogP contribution in [0.25, 0.3) is 5.65 Å². The van der Waals surface area contributed by atoms with Crippen molar-refractivity contribution in [3.8, 4) is 0 Å². The Morgan fingerprint density at radius 3 is 2.81 bits per heavy atom. The van der Waals surface area contributed by atoms with E-state index in [9.17, 15) is 19.7 Å². The van der Waals surface area contributed by atoms with E-state index in [1.165, 1.54) is 28.8 Å². The number of nitrogens with zero attached hydrogens (tertiary/aromatic N) is 3. The summed E-state index contributed by atoms with van der Waals surface area (Å²) in [7, 11) is 0. The Morgan fingerprint density at radius 1 is 1.38 bits per heavy atom. The molecule has 0 aliphatic carbocycles. The van der Waals surface area contributed by atoms with Crippen molar-refractivity contribution in [1.29, 1.82) is 0 Å². The number of aromatic amines is 1. The third kappa shape index (κ3) is 3.29. The zero-order chi connectivity index (χ0) is 19.0. The molecule has 0 radical (unpaired) electrons. The van der Waals surface area contributed by atoms with Gasteiger partial charge in [-0.2, -0.15) is 0 Å². The molecule has 2 N–H and O–H groups in total. The summed E-state index contributed by atoms with van der Waals surface area (Å²) in [6, 6.07) is 5.41. The molecule has 0 aliphatic heterocycles. The van der Waals surface area contributed by atoms with Crippen LogP contribution in [-0.2, 0) is 11.2 Å². The zero-order valence-corrected chi connectivity index (χ0v) is 14.6. The maximum Gasteiger partial charge on any atom is 0.289 e. The van der Waals surface area contributed by atoms with Gasteiger partial charge in [0, 0.05) is 34.8 Å². The number of halogens is 1. The number of nitro benzene ring substituents is 1. The highest BCUT2D eigenvalue weighted by Gasteiger charge is 2.17. The SMILES string of the molecule is Cc1nc2cc(=O)[nH]n2c(C)c1CC(=O)Nc1ccc(Cl)c([N+](=O)[O-])c1. The van der Waals surface area contributed by atoms with Crippen molar-refractivity contribution in [3.05, 3.63) is 66.7 Å². The number of carbonyl (C=O) groups excluding carboxylic acids is 1. The number of aryl methyl sites for hydroxylation is 2. The van der Waals surface area contributed by atoms with Crippen LogP contribution in [0.3, 0.4) is 0 Å². The highest BCUT2D eigenvalue weighted by Crippen LogP contribution is 2.27. The molecule has 0 spiro atoms. The summed E-state index contributed by atoms with van der Waals surface area (Å²) in [5.74, 6) is -0.372. The molecule has 0 bridgehead atoms. The second kappa shape index (κ2) is 6.60. The smallest absolute Gasteiger partial charge is 0.289 e. The number of amides is 1. The van der Waals surface area contributed by atoms with Crippen LogP contribution in [0, 0.1) is 24.0 Å². The average molecular weight is 376 g/mol. The molecule has 0 atom stereocenters. The van der Waals surface area contributed by atoms with E-state index in [2.05, 4.69) is 15.4 Å². The third-order valence-corrected chi connectivity index (χ3v) is 4.29. The molecule has 0 saturated heterocycles. The highest BCUT2D eigenvalue weighted by molar-refractivity contribution is 6.32. The van der Waals surface area contributed by atoms with Crippen LogP contribution < -0.4 is 10.9 Å². The minimum absolute atomic E-state index is 0.00274. The van der Waals surface area contributed by atoms with Crippen molar-refractivity contribution < 1.29 is 9.72 Å². The minimum atomic E-state index is -0.619. The van der Waals surface area contributed by atoms with Gasteiger partial charge in [0.25, 0.3) is 11.2 Å². The monoisotopic (exact) mass is 375 g/mol. The van der Waals surface area contributed by atoms with Crippen molar-refractivity contribution in [2.24, 2.45) is 0 Å². The number of carbonyl (C=O) groups is 1. The number of rotatable bonds is 4. The summed E-state index contributed by atoms with van der Waals surface area (Å²) < 4.78 is 1.52. The second-order valence-corrected chi connectivity index (χ2v) is 6.13. The lowest BCUT2D eigenvalue weighted by Crippen LogP contribution is -2.18. The number of hydrogen-bond donors (Lipinski definition) is 2. The van der Waals surface area contributed by atoms with Gasteiger partial charge in [-0.05, 0) is 26.0 Å². The molecule has 0 aliphatic rings. The fourth-order valence-electron chi connectivity index (χ4n) is 2.71. The standard InChI is InChI=1S/C16H14ClN5O4/c1-8-11(9(2)21-14(18-8)7-16(24)20-21)6-15(23)19-10-3-4-12(17)13(5-10)22(25)26/h3-5,7H,6H2,1-2H3,(H,19,23)(H,20,24). The lowest BCUT2D eigenvalue weighted by atomic mass is 10.1. The van der Waals surface area contributed by atoms with Crippen molar-refractivity contribution in [1.82, 2.24) is 14.6 Å². The van der Waals surface area contributed by atoms with Crippen LogP contribution in [0.4, 0.5) is 11.4 Å². The fraction of sp³-hybridized carbons (Fsp3) is 0.188. The largest absolute Gasteiger partial charge is 0.326 e. The van der Waals surface area contributed by atoms with Crippen molar-refractivity contribution in [3.63, 3.8) is 0 Å². The van der Waals surface area contributed by atoms with Gasteiger partial charge < -0.3 is 5.32 Å². The van der Waals surface area contributed by atoms with Crippen LogP contribution in [-0.4, -0.2) is 25.4 Å². The number of hydrogen-bond acceptors (Lipinski definition) is 5.